The highest BCUT2D eigenvalue weighted by Crippen LogP contribution is 2.35. The summed E-state index contributed by atoms with van der Waals surface area (Å²) in [5.74, 6) is 2.52. The summed E-state index contributed by atoms with van der Waals surface area (Å²) in [6, 6.07) is 2.39. The normalized spacial score (nSPS) is 26.2. The average molecular weight is 285 g/mol. The molecule has 2 N–H and O–H groups in total. The fraction of sp³-hybridized carbons (Fsp3) is 0.769. The number of thioether (sulfide) groups is 2. The Morgan fingerprint density at radius 3 is 2.83 bits per heavy atom. The van der Waals surface area contributed by atoms with E-state index >= 15 is 0 Å². The van der Waals surface area contributed by atoms with Crippen molar-refractivity contribution in [2.45, 2.75) is 43.2 Å². The van der Waals surface area contributed by atoms with Crippen LogP contribution in [-0.2, 0) is 13.5 Å². The number of aromatic nitrogens is 2. The van der Waals surface area contributed by atoms with Crippen LogP contribution in [0.2, 0.25) is 0 Å². The van der Waals surface area contributed by atoms with Gasteiger partial charge in [-0.1, -0.05) is 6.92 Å². The fourth-order valence-corrected chi connectivity index (χ4v) is 5.74. The molecule has 5 heteroatoms. The van der Waals surface area contributed by atoms with Gasteiger partial charge in [0.15, 0.2) is 0 Å². The third-order valence-electron chi connectivity index (χ3n) is 3.46. The predicted octanol–water partition coefficient (Wildman–Crippen LogP) is 2.23. The first kappa shape index (κ1) is 14.3. The number of nitrogens with zero attached hydrogens (tertiary/aromatic N) is 2. The second-order valence-electron chi connectivity index (χ2n) is 4.92. The summed E-state index contributed by atoms with van der Waals surface area (Å²) >= 11 is 4.16. The van der Waals surface area contributed by atoms with Gasteiger partial charge in [-0.05, 0) is 19.4 Å². The van der Waals surface area contributed by atoms with E-state index in [1.807, 2.05) is 18.7 Å². The Labute approximate surface area is 118 Å². The molecular weight excluding hydrogens is 262 g/mol. The van der Waals surface area contributed by atoms with Gasteiger partial charge in [0.1, 0.15) is 0 Å². The molecule has 3 atom stereocenters. The van der Waals surface area contributed by atoms with E-state index in [1.54, 1.807) is 0 Å². The highest BCUT2D eigenvalue weighted by atomic mass is 32.2. The lowest BCUT2D eigenvalue weighted by molar-refractivity contribution is 0.571. The van der Waals surface area contributed by atoms with Crippen LogP contribution in [-0.4, -0.2) is 37.8 Å². The van der Waals surface area contributed by atoms with Gasteiger partial charge < -0.3 is 5.73 Å². The molecule has 0 amide bonds. The standard InChI is InChI=1S/C13H23N3S2/c1-4-12-13(18-6-5-17-12)11(14)8-10-7-9(2)15-16(10)3/h7,11-13H,4-6,8,14H2,1-3H3. The van der Waals surface area contributed by atoms with Crippen LogP contribution in [0, 0.1) is 6.92 Å². The van der Waals surface area contributed by atoms with Crippen molar-refractivity contribution in [2.75, 3.05) is 11.5 Å². The van der Waals surface area contributed by atoms with Gasteiger partial charge in [0.25, 0.3) is 0 Å². The molecule has 0 aromatic carbocycles. The Morgan fingerprint density at radius 1 is 1.50 bits per heavy atom. The Balaban J connectivity index is 2.02. The van der Waals surface area contributed by atoms with E-state index in [9.17, 15) is 0 Å². The minimum absolute atomic E-state index is 0.238. The molecule has 18 heavy (non-hydrogen) atoms. The number of hydrogen-bond acceptors (Lipinski definition) is 4. The summed E-state index contributed by atoms with van der Waals surface area (Å²) in [6.45, 7) is 4.31. The van der Waals surface area contributed by atoms with Gasteiger partial charge in [-0.2, -0.15) is 28.6 Å². The molecule has 1 aromatic rings. The summed E-state index contributed by atoms with van der Waals surface area (Å²) in [5, 5.41) is 5.70. The molecule has 2 rings (SSSR count). The van der Waals surface area contributed by atoms with Gasteiger partial charge in [0, 0.05) is 47.2 Å². The zero-order valence-corrected chi connectivity index (χ0v) is 13.1. The molecule has 1 fully saturated rings. The first-order valence-corrected chi connectivity index (χ1v) is 8.70. The van der Waals surface area contributed by atoms with Gasteiger partial charge in [0.2, 0.25) is 0 Å². The second-order valence-corrected chi connectivity index (χ2v) is 7.55. The van der Waals surface area contributed by atoms with Gasteiger partial charge in [-0.25, -0.2) is 0 Å². The van der Waals surface area contributed by atoms with Crippen LogP contribution in [0.25, 0.3) is 0 Å². The number of hydrogen-bond donors (Lipinski definition) is 1. The Morgan fingerprint density at radius 2 is 2.22 bits per heavy atom. The van der Waals surface area contributed by atoms with E-state index in [0.717, 1.165) is 12.1 Å². The number of rotatable bonds is 4. The van der Waals surface area contributed by atoms with Crippen molar-refractivity contribution in [1.29, 1.82) is 0 Å². The van der Waals surface area contributed by atoms with Crippen LogP contribution in [0.4, 0.5) is 0 Å². The quantitative estimate of drug-likeness (QED) is 0.921. The molecule has 0 bridgehead atoms. The molecule has 1 saturated heterocycles. The number of nitrogens with two attached hydrogens (primary N) is 1. The summed E-state index contributed by atoms with van der Waals surface area (Å²) in [7, 11) is 2.01. The number of aryl methyl sites for hydroxylation is 2. The van der Waals surface area contributed by atoms with Gasteiger partial charge in [-0.15, -0.1) is 0 Å². The van der Waals surface area contributed by atoms with E-state index in [1.165, 1.54) is 23.6 Å². The van der Waals surface area contributed by atoms with E-state index in [-0.39, 0.29) is 6.04 Å². The lowest BCUT2D eigenvalue weighted by atomic mass is 10.0. The third kappa shape index (κ3) is 3.25. The predicted molar refractivity (Wildman–Crippen MR) is 82.4 cm³/mol. The minimum Gasteiger partial charge on any atom is -0.326 e. The summed E-state index contributed by atoms with van der Waals surface area (Å²) in [5.41, 5.74) is 8.79. The van der Waals surface area contributed by atoms with Crippen LogP contribution in [0.15, 0.2) is 6.07 Å². The summed E-state index contributed by atoms with van der Waals surface area (Å²) < 4.78 is 1.97. The van der Waals surface area contributed by atoms with Crippen LogP contribution >= 0.6 is 23.5 Å². The molecule has 1 aliphatic heterocycles. The summed E-state index contributed by atoms with van der Waals surface area (Å²) in [4.78, 5) is 0. The maximum absolute atomic E-state index is 6.45. The highest BCUT2D eigenvalue weighted by molar-refractivity contribution is 8.07. The van der Waals surface area contributed by atoms with Crippen LogP contribution in [0.3, 0.4) is 0 Å². The average Bonchev–Trinajstić information content (AvgIpc) is 2.67. The fourth-order valence-electron chi connectivity index (χ4n) is 2.55. The molecule has 0 spiro atoms. The smallest absolute Gasteiger partial charge is 0.0596 e. The van der Waals surface area contributed by atoms with E-state index in [4.69, 9.17) is 5.73 Å². The molecule has 3 nitrogen and oxygen atoms in total. The molecule has 0 radical (unpaired) electrons. The zero-order valence-electron chi connectivity index (χ0n) is 11.4. The molecular formula is C13H23N3S2. The van der Waals surface area contributed by atoms with E-state index in [2.05, 4.69) is 41.6 Å². The molecule has 0 aliphatic carbocycles. The Bertz CT molecular complexity index is 392. The van der Waals surface area contributed by atoms with Crippen molar-refractivity contribution < 1.29 is 0 Å². The SMILES string of the molecule is CCC1SCCSC1C(N)Cc1cc(C)nn1C. The van der Waals surface area contributed by atoms with E-state index in [0.29, 0.717) is 10.5 Å². The lowest BCUT2D eigenvalue weighted by Gasteiger charge is -2.34. The van der Waals surface area contributed by atoms with Crippen LogP contribution in [0.1, 0.15) is 24.7 Å². The van der Waals surface area contributed by atoms with Crippen LogP contribution in [0.5, 0.6) is 0 Å². The monoisotopic (exact) mass is 285 g/mol. The molecule has 102 valence electrons. The largest absolute Gasteiger partial charge is 0.326 e. The van der Waals surface area contributed by atoms with Crippen molar-refractivity contribution in [3.05, 3.63) is 17.5 Å². The minimum atomic E-state index is 0.238. The Kier molecular flexibility index (Phi) is 5.04. The molecule has 1 aromatic heterocycles. The van der Waals surface area contributed by atoms with Crippen molar-refractivity contribution in [2.24, 2.45) is 12.8 Å². The first-order chi connectivity index (χ1) is 8.61. The highest BCUT2D eigenvalue weighted by Gasteiger charge is 2.30. The second kappa shape index (κ2) is 6.35. The van der Waals surface area contributed by atoms with Gasteiger partial charge in [-0.3, -0.25) is 4.68 Å². The van der Waals surface area contributed by atoms with E-state index < -0.39 is 0 Å². The molecule has 2 heterocycles. The zero-order chi connectivity index (χ0) is 13.1. The maximum Gasteiger partial charge on any atom is 0.0596 e. The van der Waals surface area contributed by atoms with Gasteiger partial charge in [0.05, 0.1) is 5.69 Å². The van der Waals surface area contributed by atoms with Crippen molar-refractivity contribution >= 4 is 23.5 Å². The summed E-state index contributed by atoms with van der Waals surface area (Å²) in [6.07, 6.45) is 2.16. The first-order valence-electron chi connectivity index (χ1n) is 6.60. The third-order valence-corrected chi connectivity index (χ3v) is 6.89. The lowest BCUT2D eigenvalue weighted by Crippen LogP contribution is -2.43. The molecule has 1 aliphatic rings. The van der Waals surface area contributed by atoms with Gasteiger partial charge >= 0.3 is 0 Å². The maximum atomic E-state index is 6.45. The van der Waals surface area contributed by atoms with Crippen molar-refractivity contribution in [3.8, 4) is 0 Å². The van der Waals surface area contributed by atoms with Crippen molar-refractivity contribution in [3.63, 3.8) is 0 Å². The van der Waals surface area contributed by atoms with Crippen LogP contribution < -0.4 is 5.73 Å². The topological polar surface area (TPSA) is 43.8 Å². The van der Waals surface area contributed by atoms with Crippen molar-refractivity contribution in [1.82, 2.24) is 9.78 Å². The molecule has 0 saturated carbocycles. The molecule has 3 unspecified atom stereocenters. The Hall–Kier alpha value is -0.130.